The van der Waals surface area contributed by atoms with Crippen LogP contribution in [0.4, 0.5) is 0 Å². The molecule has 1 aliphatic rings. The van der Waals surface area contributed by atoms with Crippen LogP contribution in [-0.2, 0) is 16.6 Å². The van der Waals surface area contributed by atoms with Crippen molar-refractivity contribution in [3.8, 4) is 11.5 Å². The third-order valence-electron chi connectivity index (χ3n) is 4.16. The van der Waals surface area contributed by atoms with Gasteiger partial charge in [0.1, 0.15) is 0 Å². The first-order valence-electron chi connectivity index (χ1n) is 7.18. The molecule has 4 nitrogen and oxygen atoms in total. The molecular formula is C18H18O4. The minimum atomic E-state index is -1.02. The van der Waals surface area contributed by atoms with Gasteiger partial charge in [-0.05, 0) is 43.5 Å². The van der Waals surface area contributed by atoms with E-state index in [1.54, 1.807) is 25.1 Å². The lowest BCUT2D eigenvalue weighted by Crippen LogP contribution is -2.34. The normalized spacial score (nSPS) is 15.4. The molecule has 1 N–H and O–H groups in total. The monoisotopic (exact) mass is 298 g/mol. The second-order valence-corrected chi connectivity index (χ2v) is 5.87. The number of aryl methyl sites for hydroxylation is 1. The van der Waals surface area contributed by atoms with Gasteiger partial charge in [-0.25, -0.2) is 0 Å². The lowest BCUT2D eigenvalue weighted by Gasteiger charge is -2.26. The Balaban J connectivity index is 1.97. The number of benzene rings is 2. The first-order chi connectivity index (χ1) is 10.5. The zero-order valence-corrected chi connectivity index (χ0v) is 12.6. The van der Waals surface area contributed by atoms with Gasteiger partial charge in [0.05, 0.1) is 5.41 Å². The van der Waals surface area contributed by atoms with E-state index in [0.29, 0.717) is 23.5 Å². The number of fused-ring (bicyclic) bond motifs is 1. The van der Waals surface area contributed by atoms with Crippen molar-refractivity contribution in [1.82, 2.24) is 0 Å². The molecule has 1 aliphatic heterocycles. The first kappa shape index (κ1) is 14.4. The van der Waals surface area contributed by atoms with Gasteiger partial charge < -0.3 is 14.6 Å². The molecule has 3 rings (SSSR count). The zero-order chi connectivity index (χ0) is 15.7. The van der Waals surface area contributed by atoms with E-state index in [1.165, 1.54) is 0 Å². The molecule has 1 atom stereocenters. The molecule has 4 heteroatoms. The summed E-state index contributed by atoms with van der Waals surface area (Å²) in [6.07, 6.45) is 0.419. The van der Waals surface area contributed by atoms with E-state index in [9.17, 15) is 9.90 Å². The number of ether oxygens (including phenoxy) is 2. The quantitative estimate of drug-likeness (QED) is 0.941. The summed E-state index contributed by atoms with van der Waals surface area (Å²) in [5, 5.41) is 9.78. The van der Waals surface area contributed by atoms with Crippen molar-refractivity contribution in [3.63, 3.8) is 0 Å². The summed E-state index contributed by atoms with van der Waals surface area (Å²) in [7, 11) is 0. The van der Waals surface area contributed by atoms with Crippen molar-refractivity contribution in [2.45, 2.75) is 25.7 Å². The Morgan fingerprint density at radius 3 is 2.50 bits per heavy atom. The highest BCUT2D eigenvalue weighted by Gasteiger charge is 2.36. The summed E-state index contributed by atoms with van der Waals surface area (Å²) < 4.78 is 10.7. The van der Waals surface area contributed by atoms with Crippen LogP contribution in [0.3, 0.4) is 0 Å². The van der Waals surface area contributed by atoms with Gasteiger partial charge in [0.2, 0.25) is 6.79 Å². The molecule has 2 aromatic rings. The van der Waals surface area contributed by atoms with Gasteiger partial charge >= 0.3 is 5.97 Å². The predicted octanol–water partition coefficient (Wildman–Crippen LogP) is 3.31. The van der Waals surface area contributed by atoms with Crippen LogP contribution in [0, 0.1) is 6.92 Å². The highest BCUT2D eigenvalue weighted by Crippen LogP contribution is 2.38. The topological polar surface area (TPSA) is 55.8 Å². The number of carboxylic acid groups (broad SMARTS) is 1. The summed E-state index contributed by atoms with van der Waals surface area (Å²) in [5.74, 6) is 0.410. The molecule has 0 radical (unpaired) electrons. The molecule has 1 heterocycles. The maximum Gasteiger partial charge on any atom is 0.314 e. The number of rotatable bonds is 4. The van der Waals surface area contributed by atoms with Crippen LogP contribution in [0.25, 0.3) is 0 Å². The van der Waals surface area contributed by atoms with Gasteiger partial charge in [0.15, 0.2) is 11.5 Å². The van der Waals surface area contributed by atoms with Gasteiger partial charge in [-0.3, -0.25) is 4.79 Å². The van der Waals surface area contributed by atoms with Crippen molar-refractivity contribution in [2.24, 2.45) is 0 Å². The Morgan fingerprint density at radius 1 is 1.14 bits per heavy atom. The van der Waals surface area contributed by atoms with Crippen LogP contribution in [0.1, 0.15) is 23.6 Å². The SMILES string of the molecule is Cc1ccc(CC(C)(C(=O)O)c2ccc3c(c2)OCO3)cc1. The third kappa shape index (κ3) is 2.52. The number of carbonyl (C=O) groups is 1. The van der Waals surface area contributed by atoms with Crippen molar-refractivity contribution in [1.29, 1.82) is 0 Å². The third-order valence-corrected chi connectivity index (χ3v) is 4.16. The van der Waals surface area contributed by atoms with Gasteiger partial charge in [0, 0.05) is 0 Å². The maximum absolute atomic E-state index is 11.9. The molecule has 0 spiro atoms. The molecule has 22 heavy (non-hydrogen) atoms. The van der Waals surface area contributed by atoms with Crippen LogP contribution >= 0.6 is 0 Å². The molecule has 0 saturated heterocycles. The molecule has 2 aromatic carbocycles. The van der Waals surface area contributed by atoms with Crippen molar-refractivity contribution >= 4 is 5.97 Å². The van der Waals surface area contributed by atoms with Crippen LogP contribution in [-0.4, -0.2) is 17.9 Å². The minimum absolute atomic E-state index is 0.181. The molecule has 0 bridgehead atoms. The Hall–Kier alpha value is -2.49. The lowest BCUT2D eigenvalue weighted by molar-refractivity contribution is -0.143. The highest BCUT2D eigenvalue weighted by molar-refractivity contribution is 5.81. The highest BCUT2D eigenvalue weighted by atomic mass is 16.7. The Bertz CT molecular complexity index is 706. The van der Waals surface area contributed by atoms with E-state index in [-0.39, 0.29) is 6.79 Å². The zero-order valence-electron chi connectivity index (χ0n) is 12.6. The Morgan fingerprint density at radius 2 is 1.82 bits per heavy atom. The maximum atomic E-state index is 11.9. The molecule has 0 aromatic heterocycles. The largest absolute Gasteiger partial charge is 0.481 e. The standard InChI is InChI=1S/C18H18O4/c1-12-3-5-13(6-4-12)10-18(2,17(19)20)14-7-8-15-16(9-14)22-11-21-15/h3-9H,10-11H2,1-2H3,(H,19,20). The van der Waals surface area contributed by atoms with Crippen LogP contribution in [0.2, 0.25) is 0 Å². The van der Waals surface area contributed by atoms with E-state index in [1.807, 2.05) is 31.2 Å². The van der Waals surface area contributed by atoms with E-state index < -0.39 is 11.4 Å². The number of carboxylic acids is 1. The molecule has 0 amide bonds. The fourth-order valence-electron chi connectivity index (χ4n) is 2.66. The molecular weight excluding hydrogens is 280 g/mol. The number of aliphatic carboxylic acids is 1. The second-order valence-electron chi connectivity index (χ2n) is 5.87. The van der Waals surface area contributed by atoms with E-state index in [0.717, 1.165) is 11.1 Å². The van der Waals surface area contributed by atoms with E-state index in [4.69, 9.17) is 9.47 Å². The smallest absolute Gasteiger partial charge is 0.314 e. The van der Waals surface area contributed by atoms with E-state index >= 15 is 0 Å². The lowest BCUT2D eigenvalue weighted by atomic mass is 9.77. The van der Waals surface area contributed by atoms with Gasteiger partial charge in [-0.15, -0.1) is 0 Å². The molecule has 114 valence electrons. The van der Waals surface area contributed by atoms with Crippen LogP contribution in [0.15, 0.2) is 42.5 Å². The fourth-order valence-corrected chi connectivity index (χ4v) is 2.66. The van der Waals surface area contributed by atoms with Crippen LogP contribution < -0.4 is 9.47 Å². The van der Waals surface area contributed by atoms with Crippen LogP contribution in [0.5, 0.6) is 11.5 Å². The summed E-state index contributed by atoms with van der Waals surface area (Å²) in [4.78, 5) is 11.9. The van der Waals surface area contributed by atoms with Gasteiger partial charge in [-0.1, -0.05) is 35.9 Å². The second kappa shape index (κ2) is 5.37. The molecule has 1 unspecified atom stereocenters. The molecule has 0 saturated carbocycles. The van der Waals surface area contributed by atoms with Crippen molar-refractivity contribution < 1.29 is 19.4 Å². The average molecular weight is 298 g/mol. The first-order valence-corrected chi connectivity index (χ1v) is 7.18. The minimum Gasteiger partial charge on any atom is -0.481 e. The van der Waals surface area contributed by atoms with Crippen molar-refractivity contribution in [3.05, 3.63) is 59.2 Å². The Kier molecular flexibility index (Phi) is 3.53. The molecule has 0 fully saturated rings. The summed E-state index contributed by atoms with van der Waals surface area (Å²) in [6.45, 7) is 3.94. The van der Waals surface area contributed by atoms with Gasteiger partial charge in [0.25, 0.3) is 0 Å². The fraction of sp³-hybridized carbons (Fsp3) is 0.278. The Labute approximate surface area is 129 Å². The average Bonchev–Trinajstić information content (AvgIpc) is 2.96. The summed E-state index contributed by atoms with van der Waals surface area (Å²) in [6, 6.07) is 13.3. The van der Waals surface area contributed by atoms with Gasteiger partial charge in [-0.2, -0.15) is 0 Å². The molecule has 0 aliphatic carbocycles. The number of hydrogen-bond acceptors (Lipinski definition) is 3. The van der Waals surface area contributed by atoms with Crippen molar-refractivity contribution in [2.75, 3.05) is 6.79 Å². The predicted molar refractivity (Wildman–Crippen MR) is 82.4 cm³/mol. The summed E-state index contributed by atoms with van der Waals surface area (Å²) >= 11 is 0. The van der Waals surface area contributed by atoms with E-state index in [2.05, 4.69) is 0 Å². The number of hydrogen-bond donors (Lipinski definition) is 1. The summed E-state index contributed by atoms with van der Waals surface area (Å²) in [5.41, 5.74) is 1.85.